The summed E-state index contributed by atoms with van der Waals surface area (Å²) in [5.74, 6) is -19.3. The number of benzene rings is 1. The molecular formula is C69H110N24O20. The first-order valence-corrected chi connectivity index (χ1v) is 36.5. The van der Waals surface area contributed by atoms with Crippen LogP contribution in [0.1, 0.15) is 123 Å². The molecule has 0 aliphatic carbocycles. The number of hydrogen-bond acceptors (Lipinski definition) is 23. The van der Waals surface area contributed by atoms with Gasteiger partial charge in [0.1, 0.15) is 72.5 Å². The summed E-state index contributed by atoms with van der Waals surface area (Å²) in [6.07, 6.45) is 2.49. The minimum atomic E-state index is -1.99. The van der Waals surface area contributed by atoms with Gasteiger partial charge in [-0.3, -0.25) is 77.1 Å². The number of hydrogen-bond donors (Lipinski definition) is 25. The molecule has 0 aliphatic rings. The first kappa shape index (κ1) is 95.3. The molecule has 2 heterocycles. The highest BCUT2D eigenvalue weighted by molar-refractivity contribution is 6.00. The molecule has 0 spiro atoms. The second kappa shape index (κ2) is 49.4. The monoisotopic (exact) mass is 1590 g/mol. The number of nitrogens with zero attached hydrogens (tertiary/aromatic N) is 4. The number of aliphatic hydroxyl groups excluding tert-OH is 3. The van der Waals surface area contributed by atoms with E-state index in [9.17, 15) is 97.5 Å². The Labute approximate surface area is 650 Å². The summed E-state index contributed by atoms with van der Waals surface area (Å²) in [5, 5.41) is 80.1. The van der Waals surface area contributed by atoms with Gasteiger partial charge in [-0.2, -0.15) is 0 Å². The predicted molar refractivity (Wildman–Crippen MR) is 404 cm³/mol. The van der Waals surface area contributed by atoms with E-state index in [-0.39, 0.29) is 101 Å². The van der Waals surface area contributed by atoms with Gasteiger partial charge >= 0.3 is 11.9 Å². The fourth-order valence-corrected chi connectivity index (χ4v) is 11.0. The molecule has 2 aromatic heterocycles. The normalized spacial score (nSPS) is 15.1. The summed E-state index contributed by atoms with van der Waals surface area (Å²) in [6.45, 7) is 6.63. The molecule has 113 heavy (non-hydrogen) atoms. The van der Waals surface area contributed by atoms with Crippen LogP contribution in [0.5, 0.6) is 0 Å². The minimum Gasteiger partial charge on any atom is -0.481 e. The molecule has 44 nitrogen and oxygen atoms in total. The molecule has 15 atom stereocenters. The van der Waals surface area contributed by atoms with Crippen molar-refractivity contribution in [2.75, 3.05) is 32.9 Å². The molecule has 0 bridgehead atoms. The Balaban J connectivity index is 1.96. The number of H-pyrrole nitrogens is 2. The molecule has 0 saturated carbocycles. The van der Waals surface area contributed by atoms with Crippen molar-refractivity contribution in [1.29, 1.82) is 0 Å². The lowest BCUT2D eigenvalue weighted by Gasteiger charge is -2.30. The number of carbonyl (C=O) groups is 15. The van der Waals surface area contributed by atoms with E-state index in [4.69, 9.17) is 34.4 Å². The number of nitrogens with two attached hydrogens (primary N) is 6. The van der Waals surface area contributed by atoms with Crippen molar-refractivity contribution in [3.63, 3.8) is 0 Å². The van der Waals surface area contributed by atoms with E-state index in [1.54, 1.807) is 71.9 Å². The number of imidazole rings is 2. The number of carboxylic acid groups (broad SMARTS) is 2. The molecule has 626 valence electrons. The van der Waals surface area contributed by atoms with Gasteiger partial charge in [-0.25, -0.2) is 14.8 Å². The number of guanidine groups is 2. The Morgan fingerprint density at radius 3 is 1.22 bits per heavy atom. The molecule has 0 fully saturated rings. The lowest BCUT2D eigenvalue weighted by molar-refractivity contribution is -0.143. The number of carbonyl (C=O) groups excluding carboxylic acids is 13. The van der Waals surface area contributed by atoms with Crippen LogP contribution in [0.2, 0.25) is 0 Å². The summed E-state index contributed by atoms with van der Waals surface area (Å²) >= 11 is 0. The number of aliphatic hydroxyl groups is 3. The molecule has 0 radical (unpaired) electrons. The van der Waals surface area contributed by atoms with Crippen LogP contribution < -0.4 is 98.2 Å². The lowest BCUT2D eigenvalue weighted by atomic mass is 9.96. The van der Waals surface area contributed by atoms with Gasteiger partial charge in [-0.15, -0.1) is 0 Å². The van der Waals surface area contributed by atoms with Gasteiger partial charge < -0.3 is 134 Å². The summed E-state index contributed by atoms with van der Waals surface area (Å²) in [5.41, 5.74) is 34.0. The van der Waals surface area contributed by atoms with Crippen LogP contribution in [0.15, 0.2) is 65.4 Å². The van der Waals surface area contributed by atoms with E-state index in [0.717, 1.165) is 0 Å². The number of aliphatic carboxylic acids is 2. The molecule has 13 amide bonds. The van der Waals surface area contributed by atoms with Crippen LogP contribution in [0, 0.1) is 17.8 Å². The maximum atomic E-state index is 14.9. The first-order valence-electron chi connectivity index (χ1n) is 36.5. The van der Waals surface area contributed by atoms with Crippen LogP contribution in [-0.2, 0) is 91.2 Å². The second-order valence-electron chi connectivity index (χ2n) is 27.2. The minimum absolute atomic E-state index is 0.0134. The number of primary amides is 1. The third-order valence-corrected chi connectivity index (χ3v) is 17.7. The highest BCUT2D eigenvalue weighted by Crippen LogP contribution is 2.16. The third kappa shape index (κ3) is 34.5. The van der Waals surface area contributed by atoms with Crippen molar-refractivity contribution in [2.45, 2.75) is 204 Å². The number of rotatable bonds is 53. The predicted octanol–water partition coefficient (Wildman–Crippen LogP) is -8.65. The van der Waals surface area contributed by atoms with Gasteiger partial charge in [-0.05, 0) is 61.8 Å². The average Bonchev–Trinajstić information content (AvgIpc) is 1.75. The highest BCUT2D eigenvalue weighted by atomic mass is 16.4. The zero-order valence-electron chi connectivity index (χ0n) is 63.8. The van der Waals surface area contributed by atoms with Gasteiger partial charge in [0.25, 0.3) is 0 Å². The van der Waals surface area contributed by atoms with Crippen LogP contribution in [0.3, 0.4) is 0 Å². The first-order chi connectivity index (χ1) is 53.4. The van der Waals surface area contributed by atoms with Crippen LogP contribution in [0.25, 0.3) is 0 Å². The fourth-order valence-electron chi connectivity index (χ4n) is 11.0. The molecule has 0 saturated heterocycles. The Kier molecular flexibility index (Phi) is 41.6. The largest absolute Gasteiger partial charge is 0.481 e. The molecule has 1 aromatic carbocycles. The van der Waals surface area contributed by atoms with Crippen LogP contribution >= 0.6 is 0 Å². The van der Waals surface area contributed by atoms with Crippen LogP contribution in [0.4, 0.5) is 0 Å². The number of aromatic nitrogens is 4. The van der Waals surface area contributed by atoms with Gasteiger partial charge in [0.05, 0.1) is 44.9 Å². The van der Waals surface area contributed by atoms with Crippen LogP contribution in [-0.4, -0.2) is 258 Å². The summed E-state index contributed by atoms with van der Waals surface area (Å²) in [4.78, 5) is 227. The maximum Gasteiger partial charge on any atom is 0.326 e. The third-order valence-electron chi connectivity index (χ3n) is 17.7. The average molecular weight is 1600 g/mol. The van der Waals surface area contributed by atoms with Crippen molar-refractivity contribution in [3.8, 4) is 0 Å². The molecule has 0 unspecified atom stereocenters. The van der Waals surface area contributed by atoms with Gasteiger partial charge in [0.15, 0.2) is 11.9 Å². The SMILES string of the molecule is CC[C@H](C)[C@H](NC(=O)[C@H](Cc1ccccc1)NC(=O)[C@H](CCCN=C(N)N)NC(=O)[C@H](CC(C)C)NC(=O)[C@H](CC(=O)O)NC(=O)[C@H](Cc1cnc[nH]1)NC(=O)[C@@H](NC(=O)[C@H](CO)NC(=O)[C@@H](N)CCCN=C(N)N)[C@@H](C)CC)C(=O)N[C@@H](CO)C(=O)N[C@@H](CO)C(=O)N[C@@H](Cc1cnc[nH]1)C(=O)N[C@@H](CCC(N)=O)C(=O)O. The number of amides is 13. The van der Waals surface area contributed by atoms with E-state index in [1.165, 1.54) is 25.0 Å². The Morgan fingerprint density at radius 1 is 0.434 bits per heavy atom. The van der Waals surface area contributed by atoms with Gasteiger partial charge in [0.2, 0.25) is 76.8 Å². The number of aliphatic imine (C=N–C) groups is 2. The molecule has 44 heteroatoms. The summed E-state index contributed by atoms with van der Waals surface area (Å²) < 4.78 is 0. The quantitative estimate of drug-likeness (QED) is 0.0142. The summed E-state index contributed by atoms with van der Waals surface area (Å²) in [7, 11) is 0. The Morgan fingerprint density at radius 2 is 0.796 bits per heavy atom. The maximum absolute atomic E-state index is 14.9. The zero-order chi connectivity index (χ0) is 84.6. The highest BCUT2D eigenvalue weighted by Gasteiger charge is 2.40. The second-order valence-corrected chi connectivity index (χ2v) is 27.2. The van der Waals surface area contributed by atoms with Gasteiger partial charge in [0, 0.05) is 62.6 Å². The Hall–Kier alpha value is -11.9. The smallest absolute Gasteiger partial charge is 0.326 e. The summed E-state index contributed by atoms with van der Waals surface area (Å²) in [6, 6.07) is -13.1. The molecule has 3 rings (SSSR count). The molecule has 31 N–H and O–H groups in total. The number of aromatic amines is 2. The molecule has 0 aliphatic heterocycles. The van der Waals surface area contributed by atoms with Crippen molar-refractivity contribution in [3.05, 3.63) is 72.3 Å². The standard InChI is InChI=1S/C69H110N24O20/c1-7-35(5)53(93-64(109)50(31-96)89-55(100)40(70)16-12-20-78-68(72)73)65(110)88-46(25-39-28-77-33-81-39)59(104)87-47(26-52(98)99)60(105)84-43(22-34(3)4)57(102)82-41(17-13-21-79-69(74)75)56(101)85-44(23-37-14-10-9-11-15-37)61(106)92-54(36(6)8-2)66(111)91-49(30-95)63(108)90-48(29-94)62(107)86-45(24-38-27-76-32-80-38)58(103)83-42(67(112)113)18-19-51(71)97/h9-11,14-15,27-28,32-36,40-50,53-54,94-96H,7-8,12-13,16-26,29-31,70H2,1-6H3,(H2,71,97)(H,76,80)(H,77,81)(H,82,102)(H,83,103)(H,84,105)(H,85,101)(H,86,107)(H,87,104)(H,88,110)(H,89,100)(H,90,108)(H,91,111)(H,92,106)(H,93,109)(H,98,99)(H,112,113)(H4,72,73,78)(H4,74,75,79)/t35-,36-,40-,41-,42-,43-,44-,45-,46-,47-,48-,49-,50-,53-,54-/m0/s1. The topological polar surface area (TPSA) is 740 Å². The van der Waals surface area contributed by atoms with Gasteiger partial charge in [-0.1, -0.05) is 84.7 Å². The van der Waals surface area contributed by atoms with Crippen molar-refractivity contribution < 1.29 is 97.5 Å². The van der Waals surface area contributed by atoms with E-state index in [1.807, 2.05) is 0 Å². The van der Waals surface area contributed by atoms with Crippen molar-refractivity contribution in [2.24, 2.45) is 62.1 Å². The van der Waals surface area contributed by atoms with E-state index in [0.29, 0.717) is 5.56 Å². The number of carboxylic acids is 2. The molecule has 3 aromatic rings. The zero-order valence-corrected chi connectivity index (χ0v) is 63.8. The van der Waals surface area contributed by atoms with Crippen molar-refractivity contribution >= 4 is 101 Å². The van der Waals surface area contributed by atoms with E-state index >= 15 is 0 Å². The lowest BCUT2D eigenvalue weighted by Crippen LogP contribution is -2.62. The molecular weight excluding hydrogens is 1480 g/mol. The van der Waals surface area contributed by atoms with Crippen molar-refractivity contribution in [1.82, 2.24) is 83.7 Å². The van der Waals surface area contributed by atoms with E-state index < -0.39 is 224 Å². The number of nitrogens with one attached hydrogen (secondary N) is 14. The Bertz CT molecular complexity index is 3690. The van der Waals surface area contributed by atoms with E-state index in [2.05, 4.69) is 93.7 Å². The fraction of sp³-hybridized carbons (Fsp3) is 0.580.